The molecule has 1 aromatic carbocycles. The monoisotopic (exact) mass is 313 g/mol. The molecule has 21 heavy (non-hydrogen) atoms. The number of rotatable bonds is 8. The first-order valence-corrected chi connectivity index (χ1v) is 7.71. The summed E-state index contributed by atoms with van der Waals surface area (Å²) in [7, 11) is 2.87. The van der Waals surface area contributed by atoms with Crippen molar-refractivity contribution in [3.05, 3.63) is 17.7 Å². The van der Waals surface area contributed by atoms with Crippen LogP contribution in [0.2, 0.25) is 0 Å². The lowest BCUT2D eigenvalue weighted by Crippen LogP contribution is -2.15. The third-order valence-electron chi connectivity index (χ3n) is 2.78. The van der Waals surface area contributed by atoms with E-state index in [9.17, 15) is 14.7 Å². The third kappa shape index (κ3) is 4.86. The van der Waals surface area contributed by atoms with Gasteiger partial charge in [-0.15, -0.1) is 0 Å². The van der Waals surface area contributed by atoms with Crippen molar-refractivity contribution in [1.29, 1.82) is 0 Å². The number of thioether (sulfide) groups is 1. The summed E-state index contributed by atoms with van der Waals surface area (Å²) < 4.78 is 10.2. The van der Waals surface area contributed by atoms with Crippen LogP contribution in [0.5, 0.6) is 11.5 Å². The molecule has 0 saturated heterocycles. The Labute approximate surface area is 127 Å². The average molecular weight is 313 g/mol. The Morgan fingerprint density at radius 2 is 1.86 bits per heavy atom. The molecule has 7 heteroatoms. The van der Waals surface area contributed by atoms with Crippen molar-refractivity contribution in [1.82, 2.24) is 0 Å². The molecule has 1 amide bonds. The summed E-state index contributed by atoms with van der Waals surface area (Å²) in [5, 5.41) is 11.8. The number of methoxy groups -OCH3 is 2. The molecular formula is C14H19NO5S. The molecule has 0 fully saturated rings. The Balaban J connectivity index is 2.98. The van der Waals surface area contributed by atoms with E-state index in [0.717, 1.165) is 12.2 Å². The summed E-state index contributed by atoms with van der Waals surface area (Å²) in [5.41, 5.74) is 0.167. The van der Waals surface area contributed by atoms with Crippen LogP contribution in [0.4, 0.5) is 5.69 Å². The molecule has 0 aliphatic carbocycles. The normalized spacial score (nSPS) is 10.0. The van der Waals surface area contributed by atoms with Crippen LogP contribution in [-0.4, -0.2) is 43.2 Å². The van der Waals surface area contributed by atoms with E-state index in [4.69, 9.17) is 9.47 Å². The van der Waals surface area contributed by atoms with Crippen LogP contribution >= 0.6 is 11.8 Å². The highest BCUT2D eigenvalue weighted by molar-refractivity contribution is 7.98. The van der Waals surface area contributed by atoms with Gasteiger partial charge in [0.2, 0.25) is 5.91 Å². The second kappa shape index (κ2) is 8.41. The van der Waals surface area contributed by atoms with E-state index in [1.165, 1.54) is 26.4 Å². The number of anilines is 1. The van der Waals surface area contributed by atoms with Crippen molar-refractivity contribution in [2.45, 2.75) is 12.8 Å². The molecule has 0 heterocycles. The number of ether oxygens (including phenoxy) is 2. The van der Waals surface area contributed by atoms with Crippen molar-refractivity contribution >= 4 is 29.3 Å². The zero-order valence-electron chi connectivity index (χ0n) is 12.3. The fourth-order valence-electron chi connectivity index (χ4n) is 1.75. The zero-order valence-corrected chi connectivity index (χ0v) is 13.1. The number of carboxylic acids is 1. The first kappa shape index (κ1) is 17.2. The fourth-order valence-corrected chi connectivity index (χ4v) is 2.18. The third-order valence-corrected chi connectivity index (χ3v) is 3.48. The van der Waals surface area contributed by atoms with Crippen molar-refractivity contribution < 1.29 is 24.2 Å². The van der Waals surface area contributed by atoms with E-state index in [-0.39, 0.29) is 17.2 Å². The Morgan fingerprint density at radius 1 is 1.24 bits per heavy atom. The molecule has 0 aliphatic rings. The lowest BCUT2D eigenvalue weighted by molar-refractivity contribution is -0.116. The number of hydrogen-bond donors (Lipinski definition) is 2. The Bertz CT molecular complexity index is 518. The molecule has 2 N–H and O–H groups in total. The maximum absolute atomic E-state index is 11.8. The van der Waals surface area contributed by atoms with Crippen molar-refractivity contribution in [3.8, 4) is 11.5 Å². The summed E-state index contributed by atoms with van der Waals surface area (Å²) in [5.74, 6) is 0.178. The fraction of sp³-hybridized carbons (Fsp3) is 0.429. The number of hydrogen-bond acceptors (Lipinski definition) is 5. The summed E-state index contributed by atoms with van der Waals surface area (Å²) in [6, 6.07) is 2.79. The minimum absolute atomic E-state index is 0.0362. The summed E-state index contributed by atoms with van der Waals surface area (Å²) >= 11 is 1.66. The number of aromatic carboxylic acids is 1. The lowest BCUT2D eigenvalue weighted by atomic mass is 10.1. The van der Waals surface area contributed by atoms with Gasteiger partial charge in [-0.25, -0.2) is 4.79 Å². The van der Waals surface area contributed by atoms with Gasteiger partial charge in [0.05, 0.1) is 25.5 Å². The Hall–Kier alpha value is -1.89. The van der Waals surface area contributed by atoms with E-state index in [1.54, 1.807) is 11.8 Å². The summed E-state index contributed by atoms with van der Waals surface area (Å²) in [6.07, 6.45) is 3.05. The van der Waals surface area contributed by atoms with Gasteiger partial charge in [0.1, 0.15) is 0 Å². The van der Waals surface area contributed by atoms with Gasteiger partial charge >= 0.3 is 5.97 Å². The smallest absolute Gasteiger partial charge is 0.337 e. The number of amides is 1. The lowest BCUT2D eigenvalue weighted by Gasteiger charge is -2.13. The highest BCUT2D eigenvalue weighted by Gasteiger charge is 2.17. The molecule has 0 bridgehead atoms. The van der Waals surface area contributed by atoms with Crippen LogP contribution in [-0.2, 0) is 4.79 Å². The number of carbonyl (C=O) groups excluding carboxylic acids is 1. The number of carbonyl (C=O) groups is 2. The molecule has 1 aromatic rings. The molecular weight excluding hydrogens is 294 g/mol. The Kier molecular flexibility index (Phi) is 6.87. The molecule has 0 aromatic heterocycles. The van der Waals surface area contributed by atoms with E-state index in [2.05, 4.69) is 5.32 Å². The summed E-state index contributed by atoms with van der Waals surface area (Å²) in [6.45, 7) is 0. The van der Waals surface area contributed by atoms with Gasteiger partial charge in [-0.1, -0.05) is 0 Å². The number of nitrogens with one attached hydrogen (secondary N) is 1. The van der Waals surface area contributed by atoms with E-state index < -0.39 is 5.97 Å². The maximum atomic E-state index is 11.8. The van der Waals surface area contributed by atoms with Crippen molar-refractivity contribution in [2.24, 2.45) is 0 Å². The Morgan fingerprint density at radius 3 is 2.38 bits per heavy atom. The van der Waals surface area contributed by atoms with Gasteiger partial charge in [0, 0.05) is 18.6 Å². The molecule has 0 unspecified atom stereocenters. The van der Waals surface area contributed by atoms with Crippen LogP contribution in [0.1, 0.15) is 23.2 Å². The van der Waals surface area contributed by atoms with Crippen LogP contribution in [0.15, 0.2) is 12.1 Å². The van der Waals surface area contributed by atoms with E-state index in [1.807, 2.05) is 6.26 Å². The predicted octanol–water partition coefficient (Wildman–Crippen LogP) is 2.48. The standard InChI is InChI=1S/C14H19NO5S/c1-19-11-7-9(14(17)18)10(8-12(11)20-2)15-13(16)5-4-6-21-3/h7-8H,4-6H2,1-3H3,(H,15,16)(H,17,18). The minimum Gasteiger partial charge on any atom is -0.493 e. The largest absolute Gasteiger partial charge is 0.493 e. The highest BCUT2D eigenvalue weighted by Crippen LogP contribution is 2.33. The molecule has 0 aliphatic heterocycles. The number of benzene rings is 1. The highest BCUT2D eigenvalue weighted by atomic mass is 32.2. The summed E-state index contributed by atoms with van der Waals surface area (Å²) in [4.78, 5) is 23.1. The maximum Gasteiger partial charge on any atom is 0.337 e. The second-order valence-corrected chi connectivity index (χ2v) is 5.19. The van der Waals surface area contributed by atoms with Crippen LogP contribution < -0.4 is 14.8 Å². The van der Waals surface area contributed by atoms with Gasteiger partial charge in [0.15, 0.2) is 11.5 Å². The van der Waals surface area contributed by atoms with E-state index in [0.29, 0.717) is 17.9 Å². The second-order valence-electron chi connectivity index (χ2n) is 4.20. The topological polar surface area (TPSA) is 84.9 Å². The van der Waals surface area contributed by atoms with Gasteiger partial charge < -0.3 is 19.9 Å². The van der Waals surface area contributed by atoms with Gasteiger partial charge in [0.25, 0.3) is 0 Å². The molecule has 116 valence electrons. The SMILES string of the molecule is COc1cc(NC(=O)CCCSC)c(C(=O)O)cc1OC. The molecule has 0 saturated carbocycles. The quantitative estimate of drug-likeness (QED) is 0.717. The first-order valence-electron chi connectivity index (χ1n) is 6.31. The molecule has 0 radical (unpaired) electrons. The van der Waals surface area contributed by atoms with E-state index >= 15 is 0 Å². The molecule has 0 spiro atoms. The predicted molar refractivity (Wildman–Crippen MR) is 82.8 cm³/mol. The molecule has 6 nitrogen and oxygen atoms in total. The molecule has 0 atom stereocenters. The van der Waals surface area contributed by atoms with Crippen LogP contribution in [0, 0.1) is 0 Å². The van der Waals surface area contributed by atoms with Gasteiger partial charge in [-0.3, -0.25) is 4.79 Å². The van der Waals surface area contributed by atoms with Crippen molar-refractivity contribution in [2.75, 3.05) is 31.5 Å². The van der Waals surface area contributed by atoms with Crippen LogP contribution in [0.3, 0.4) is 0 Å². The average Bonchev–Trinajstić information content (AvgIpc) is 2.46. The minimum atomic E-state index is -1.14. The zero-order chi connectivity index (χ0) is 15.8. The van der Waals surface area contributed by atoms with Gasteiger partial charge in [-0.05, 0) is 18.4 Å². The first-order chi connectivity index (χ1) is 10.0. The molecule has 1 rings (SSSR count). The van der Waals surface area contributed by atoms with Crippen molar-refractivity contribution in [3.63, 3.8) is 0 Å². The van der Waals surface area contributed by atoms with Gasteiger partial charge in [-0.2, -0.15) is 11.8 Å². The number of carboxylic acid groups (broad SMARTS) is 1. The van der Waals surface area contributed by atoms with Crippen LogP contribution in [0.25, 0.3) is 0 Å².